The molecule has 0 atom stereocenters. The van der Waals surface area contributed by atoms with Gasteiger partial charge in [0.1, 0.15) is 0 Å². The molecule has 0 aromatic heterocycles. The Balaban J connectivity index is 2.13. The lowest BCUT2D eigenvalue weighted by molar-refractivity contribution is -0.135. The van der Waals surface area contributed by atoms with Crippen LogP contribution in [0.5, 0.6) is 11.5 Å². The second-order valence-corrected chi connectivity index (χ2v) is 6.41. The van der Waals surface area contributed by atoms with Crippen molar-refractivity contribution in [1.82, 2.24) is 5.32 Å². The van der Waals surface area contributed by atoms with E-state index >= 15 is 0 Å². The minimum Gasteiger partial charge on any atom is -0.503 e. The summed E-state index contributed by atoms with van der Waals surface area (Å²) < 4.78 is 10.3. The van der Waals surface area contributed by atoms with Gasteiger partial charge in [-0.05, 0) is 52.3 Å². The number of phenolic OH excluding ortho intramolecular Hbond substituents is 1. The summed E-state index contributed by atoms with van der Waals surface area (Å²) in [5, 5.41) is 20.4. The lowest BCUT2D eigenvalue weighted by Gasteiger charge is -2.08. The summed E-state index contributed by atoms with van der Waals surface area (Å²) in [6.07, 6.45) is 2.52. The fraction of sp³-hybridized carbons (Fsp3) is 0.200. The maximum atomic E-state index is 11.7. The molecule has 132 valence electrons. The highest BCUT2D eigenvalue weighted by atomic mass is 79.9. The zero-order chi connectivity index (χ0) is 18.4. The number of aromatic hydroxyl groups is 1. The normalized spacial score (nSPS) is 17.3. The molecule has 0 bridgehead atoms. The van der Waals surface area contributed by atoms with Gasteiger partial charge in [-0.25, -0.2) is 4.79 Å². The molecule has 1 fully saturated rings. The molecule has 10 heteroatoms. The Hall–Kier alpha value is -2.33. The number of ether oxygens (including phenoxy) is 2. The number of methoxy groups -OCH3 is 1. The Morgan fingerprint density at radius 1 is 1.48 bits per heavy atom. The van der Waals surface area contributed by atoms with Gasteiger partial charge < -0.3 is 14.6 Å². The molecule has 1 heterocycles. The van der Waals surface area contributed by atoms with Gasteiger partial charge in [-0.15, -0.1) is 5.10 Å². The Kier molecular flexibility index (Phi) is 6.59. The highest BCUT2D eigenvalue weighted by Crippen LogP contribution is 2.35. The molecule has 0 aliphatic carbocycles. The average molecular weight is 428 g/mol. The van der Waals surface area contributed by atoms with Crippen LogP contribution in [0.1, 0.15) is 12.5 Å². The van der Waals surface area contributed by atoms with Gasteiger partial charge in [0, 0.05) is 6.08 Å². The number of carbonyl (C=O) groups is 2. The van der Waals surface area contributed by atoms with Gasteiger partial charge in [0.15, 0.2) is 16.7 Å². The minimum atomic E-state index is -0.625. The average Bonchev–Trinajstić information content (AvgIpc) is 2.91. The van der Waals surface area contributed by atoms with E-state index in [1.807, 2.05) is 0 Å². The van der Waals surface area contributed by atoms with Crippen molar-refractivity contribution in [1.29, 1.82) is 0 Å². The number of amidine groups is 1. The summed E-state index contributed by atoms with van der Waals surface area (Å²) >= 11 is 4.21. The smallest absolute Gasteiger partial charge is 0.331 e. The number of esters is 1. The number of hydrogen-bond acceptors (Lipinski definition) is 8. The summed E-state index contributed by atoms with van der Waals surface area (Å²) in [4.78, 5) is 23.0. The van der Waals surface area contributed by atoms with Crippen LogP contribution in [0, 0.1) is 0 Å². The molecule has 1 aromatic carbocycles. The Bertz CT molecular complexity index is 792. The van der Waals surface area contributed by atoms with E-state index in [9.17, 15) is 14.7 Å². The molecule has 1 aromatic rings. The number of hydrogen-bond donors (Lipinski definition) is 2. The predicted octanol–water partition coefficient (Wildman–Crippen LogP) is 2.16. The van der Waals surface area contributed by atoms with E-state index < -0.39 is 11.9 Å². The minimum absolute atomic E-state index is 0.00140. The highest BCUT2D eigenvalue weighted by Gasteiger charge is 2.25. The number of rotatable bonds is 5. The third-order valence-electron chi connectivity index (χ3n) is 2.81. The molecule has 1 amide bonds. The number of nitrogens with one attached hydrogen (secondary N) is 1. The van der Waals surface area contributed by atoms with Crippen LogP contribution >= 0.6 is 27.7 Å². The number of thioether (sulfide) groups is 1. The van der Waals surface area contributed by atoms with Gasteiger partial charge in [0.25, 0.3) is 5.91 Å². The lowest BCUT2D eigenvalue weighted by atomic mass is 10.2. The van der Waals surface area contributed by atoms with Crippen LogP contribution in [0.4, 0.5) is 0 Å². The quantitative estimate of drug-likeness (QED) is 0.322. The van der Waals surface area contributed by atoms with E-state index in [-0.39, 0.29) is 15.8 Å². The second-order valence-electron chi connectivity index (χ2n) is 4.52. The first-order valence-electron chi connectivity index (χ1n) is 6.99. The zero-order valence-corrected chi connectivity index (χ0v) is 15.7. The number of carbonyl (C=O) groups excluding carboxylic acids is 2. The van der Waals surface area contributed by atoms with Crippen molar-refractivity contribution in [2.75, 3.05) is 13.7 Å². The lowest BCUT2D eigenvalue weighted by Crippen LogP contribution is -2.19. The summed E-state index contributed by atoms with van der Waals surface area (Å²) in [6.45, 7) is 2.21. The van der Waals surface area contributed by atoms with E-state index in [1.54, 1.807) is 19.1 Å². The molecular weight excluding hydrogens is 414 g/mol. The molecule has 1 saturated heterocycles. The van der Waals surface area contributed by atoms with Gasteiger partial charge in [0.05, 0.1) is 29.3 Å². The van der Waals surface area contributed by atoms with Crippen LogP contribution in [0.3, 0.4) is 0 Å². The molecule has 2 rings (SSSR count). The number of amides is 1. The van der Waals surface area contributed by atoms with Crippen LogP contribution < -0.4 is 10.1 Å². The topological polar surface area (TPSA) is 110 Å². The number of halogens is 1. The first-order chi connectivity index (χ1) is 11.9. The van der Waals surface area contributed by atoms with Crippen molar-refractivity contribution < 1.29 is 24.2 Å². The maximum Gasteiger partial charge on any atom is 0.331 e. The predicted molar refractivity (Wildman–Crippen MR) is 97.8 cm³/mol. The number of benzene rings is 1. The van der Waals surface area contributed by atoms with Crippen LogP contribution in [0.25, 0.3) is 0 Å². The third kappa shape index (κ3) is 5.07. The van der Waals surface area contributed by atoms with E-state index in [0.29, 0.717) is 22.4 Å². The summed E-state index contributed by atoms with van der Waals surface area (Å²) in [7, 11) is 1.22. The van der Waals surface area contributed by atoms with Crippen molar-refractivity contribution in [2.45, 2.75) is 6.92 Å². The van der Waals surface area contributed by atoms with Crippen LogP contribution in [-0.2, 0) is 14.3 Å². The molecule has 0 unspecified atom stereocenters. The molecule has 8 nitrogen and oxygen atoms in total. The maximum absolute atomic E-state index is 11.7. The van der Waals surface area contributed by atoms with Crippen molar-refractivity contribution >= 4 is 51.0 Å². The summed E-state index contributed by atoms with van der Waals surface area (Å²) in [5.41, 5.74) is 0.636. The Labute approximate surface area is 156 Å². The van der Waals surface area contributed by atoms with E-state index in [0.717, 1.165) is 17.8 Å². The first-order valence-corrected chi connectivity index (χ1v) is 8.60. The summed E-state index contributed by atoms with van der Waals surface area (Å²) in [6, 6.07) is 3.25. The fourth-order valence-electron chi connectivity index (χ4n) is 1.72. The van der Waals surface area contributed by atoms with Crippen molar-refractivity contribution in [2.24, 2.45) is 10.2 Å². The molecule has 25 heavy (non-hydrogen) atoms. The number of phenols is 1. The van der Waals surface area contributed by atoms with Gasteiger partial charge in [-0.1, -0.05) is 0 Å². The van der Waals surface area contributed by atoms with Crippen molar-refractivity contribution in [3.8, 4) is 11.5 Å². The van der Waals surface area contributed by atoms with E-state index in [4.69, 9.17) is 4.74 Å². The highest BCUT2D eigenvalue weighted by molar-refractivity contribution is 9.10. The molecule has 0 radical (unpaired) electrons. The second kappa shape index (κ2) is 8.67. The van der Waals surface area contributed by atoms with E-state index in [2.05, 4.69) is 36.2 Å². The Morgan fingerprint density at radius 2 is 2.24 bits per heavy atom. The number of nitrogens with zero attached hydrogens (tertiary/aromatic N) is 2. The fourth-order valence-corrected chi connectivity index (χ4v) is 2.92. The van der Waals surface area contributed by atoms with Gasteiger partial charge in [0.2, 0.25) is 0 Å². The zero-order valence-electron chi connectivity index (χ0n) is 13.3. The van der Waals surface area contributed by atoms with Crippen LogP contribution in [0.2, 0.25) is 0 Å². The summed E-state index contributed by atoms with van der Waals surface area (Å²) in [5.74, 6) is -0.755. The SMILES string of the molecule is CCOc1cc(C=N/N=C2/NC(=O)/C(=C\C(=O)OC)S2)cc(Br)c1O. The molecule has 1 aliphatic heterocycles. The van der Waals surface area contributed by atoms with Crippen molar-refractivity contribution in [3.63, 3.8) is 0 Å². The molecule has 2 N–H and O–H groups in total. The van der Waals surface area contributed by atoms with Crippen LogP contribution in [-0.4, -0.2) is 42.1 Å². The molecule has 0 saturated carbocycles. The molecular formula is C15H14BrN3O5S. The van der Waals surface area contributed by atoms with Gasteiger partial charge >= 0.3 is 5.97 Å². The molecule has 1 aliphatic rings. The van der Waals surface area contributed by atoms with Gasteiger partial charge in [-0.3, -0.25) is 10.1 Å². The van der Waals surface area contributed by atoms with Crippen molar-refractivity contribution in [3.05, 3.63) is 33.2 Å². The van der Waals surface area contributed by atoms with Gasteiger partial charge in [-0.2, -0.15) is 5.10 Å². The standard InChI is InChI=1S/C15H14BrN3O5S/c1-3-24-10-5-8(4-9(16)13(10)21)7-17-19-15-18-14(22)11(25-15)6-12(20)23-2/h4-7,21H,3H2,1-2H3,(H,18,19,22)/b11-6+,17-7?. The van der Waals surface area contributed by atoms with Crippen LogP contribution in [0.15, 0.2) is 37.8 Å². The first kappa shape index (κ1) is 19.0. The monoisotopic (exact) mass is 427 g/mol. The third-order valence-corrected chi connectivity index (χ3v) is 4.31. The van der Waals surface area contributed by atoms with E-state index in [1.165, 1.54) is 13.3 Å². The molecule has 0 spiro atoms. The largest absolute Gasteiger partial charge is 0.503 e. The Morgan fingerprint density at radius 3 is 2.92 bits per heavy atom.